The van der Waals surface area contributed by atoms with Gasteiger partial charge in [-0.1, -0.05) is 6.92 Å². The predicted molar refractivity (Wildman–Crippen MR) is 57.2 cm³/mol. The van der Waals surface area contributed by atoms with Crippen molar-refractivity contribution in [1.82, 2.24) is 0 Å². The second kappa shape index (κ2) is 8.21. The lowest BCUT2D eigenvalue weighted by Gasteiger charge is -2.28. The zero-order chi connectivity index (χ0) is 11.0. The summed E-state index contributed by atoms with van der Waals surface area (Å²) in [6.45, 7) is 5.71. The van der Waals surface area contributed by atoms with Crippen LogP contribution in [0.1, 0.15) is 46.5 Å². The van der Waals surface area contributed by atoms with Crippen molar-refractivity contribution >= 4 is 0 Å². The van der Waals surface area contributed by atoms with Crippen molar-refractivity contribution in [2.24, 2.45) is 0 Å². The van der Waals surface area contributed by atoms with Crippen LogP contribution in [-0.2, 0) is 4.74 Å². The molecular weight excluding hydrogens is 180 g/mol. The summed E-state index contributed by atoms with van der Waals surface area (Å²) in [5.74, 6) is 0. The van der Waals surface area contributed by atoms with Crippen LogP contribution in [0.5, 0.6) is 0 Å². The van der Waals surface area contributed by atoms with Crippen LogP contribution >= 0.6 is 0 Å². The van der Waals surface area contributed by atoms with Gasteiger partial charge in [-0.05, 0) is 39.5 Å². The molecule has 3 heteroatoms. The highest BCUT2D eigenvalue weighted by Gasteiger charge is 2.19. The van der Waals surface area contributed by atoms with Gasteiger partial charge in [-0.2, -0.15) is 0 Å². The molecule has 0 aromatic rings. The van der Waals surface area contributed by atoms with Crippen LogP contribution in [0.2, 0.25) is 0 Å². The van der Waals surface area contributed by atoms with E-state index >= 15 is 0 Å². The van der Waals surface area contributed by atoms with E-state index in [2.05, 4.69) is 13.8 Å². The van der Waals surface area contributed by atoms with E-state index in [1.807, 2.05) is 0 Å². The van der Waals surface area contributed by atoms with Crippen LogP contribution in [0.3, 0.4) is 0 Å². The summed E-state index contributed by atoms with van der Waals surface area (Å²) in [5.41, 5.74) is 0. The molecule has 1 rings (SSSR count). The van der Waals surface area contributed by atoms with Crippen LogP contribution in [0.15, 0.2) is 0 Å². The molecule has 1 aliphatic rings. The molecule has 0 bridgehead atoms. The van der Waals surface area contributed by atoms with Gasteiger partial charge in [-0.25, -0.2) is 0 Å². The lowest BCUT2D eigenvalue weighted by atomic mass is 9.96. The normalized spacial score (nSPS) is 20.4. The largest absolute Gasteiger partial charge is 0.394 e. The summed E-state index contributed by atoms with van der Waals surface area (Å²) in [5, 5.41) is 16.0. The van der Waals surface area contributed by atoms with E-state index < -0.39 is 6.10 Å². The molecule has 0 heterocycles. The number of aliphatic hydroxyl groups excluding tert-OH is 2. The summed E-state index contributed by atoms with van der Waals surface area (Å²) in [6, 6.07) is 0. The van der Waals surface area contributed by atoms with Gasteiger partial charge in [0.15, 0.2) is 0 Å². The minimum absolute atomic E-state index is 0.139. The maximum atomic E-state index is 8.11. The molecule has 3 nitrogen and oxygen atoms in total. The van der Waals surface area contributed by atoms with E-state index in [-0.39, 0.29) is 6.61 Å². The first-order valence-electron chi connectivity index (χ1n) is 5.54. The fourth-order valence-electron chi connectivity index (χ4n) is 0.932. The first-order valence-corrected chi connectivity index (χ1v) is 5.54. The topological polar surface area (TPSA) is 49.7 Å². The summed E-state index contributed by atoms with van der Waals surface area (Å²) >= 11 is 0. The Kier molecular flexibility index (Phi) is 8.14. The molecule has 1 saturated carbocycles. The number of hydrogen-bond acceptors (Lipinski definition) is 3. The fraction of sp³-hybridized carbons (Fsp3) is 1.00. The molecule has 0 aromatic carbocycles. The third kappa shape index (κ3) is 7.30. The lowest BCUT2D eigenvalue weighted by Crippen LogP contribution is -2.25. The summed E-state index contributed by atoms with van der Waals surface area (Å²) < 4.78 is 5.64. The Morgan fingerprint density at radius 2 is 1.86 bits per heavy atom. The quantitative estimate of drug-likeness (QED) is 0.733. The van der Waals surface area contributed by atoms with Gasteiger partial charge in [0.25, 0.3) is 0 Å². The Morgan fingerprint density at radius 1 is 1.36 bits per heavy atom. The summed E-state index contributed by atoms with van der Waals surface area (Å²) in [4.78, 5) is 0. The maximum absolute atomic E-state index is 8.11. The number of ether oxygens (including phenoxy) is 1. The zero-order valence-corrected chi connectivity index (χ0v) is 9.57. The highest BCUT2D eigenvalue weighted by atomic mass is 16.5. The molecule has 0 saturated heterocycles. The van der Waals surface area contributed by atoms with Crippen molar-refractivity contribution in [2.45, 2.75) is 64.8 Å². The maximum Gasteiger partial charge on any atom is 0.0742 e. The van der Waals surface area contributed by atoms with Crippen molar-refractivity contribution < 1.29 is 14.9 Å². The van der Waals surface area contributed by atoms with Crippen LogP contribution in [0.4, 0.5) is 0 Å². The van der Waals surface area contributed by atoms with Gasteiger partial charge in [0.2, 0.25) is 0 Å². The summed E-state index contributed by atoms with van der Waals surface area (Å²) in [7, 11) is 0. The van der Waals surface area contributed by atoms with Gasteiger partial charge in [0.05, 0.1) is 24.9 Å². The highest BCUT2D eigenvalue weighted by molar-refractivity contribution is 4.70. The van der Waals surface area contributed by atoms with E-state index in [0.717, 1.165) is 6.42 Å². The molecule has 0 spiro atoms. The molecule has 0 amide bonds. The average molecular weight is 204 g/mol. The smallest absolute Gasteiger partial charge is 0.0742 e. The standard InChI is InChI=1S/C8H16O.C3H8O2/c1-3-7(2)9-8-5-4-6-8;1-3(5)2-4/h7-8H,3-6H2,1-2H3;3-5H,2H2,1H3. The molecule has 1 fully saturated rings. The second-order valence-electron chi connectivity index (χ2n) is 3.94. The van der Waals surface area contributed by atoms with Crippen molar-refractivity contribution in [3.63, 3.8) is 0 Å². The average Bonchev–Trinajstić information content (AvgIpc) is 2.12. The molecule has 2 N–H and O–H groups in total. The number of hydrogen-bond donors (Lipinski definition) is 2. The number of rotatable bonds is 4. The van der Waals surface area contributed by atoms with Crippen molar-refractivity contribution in [3.8, 4) is 0 Å². The SMILES string of the molecule is CC(O)CO.CCC(C)OC1CCC1. The molecule has 1 aliphatic carbocycles. The van der Waals surface area contributed by atoms with Crippen molar-refractivity contribution in [1.29, 1.82) is 0 Å². The van der Waals surface area contributed by atoms with Crippen LogP contribution in [-0.4, -0.2) is 35.1 Å². The van der Waals surface area contributed by atoms with Crippen LogP contribution in [0, 0.1) is 0 Å². The second-order valence-corrected chi connectivity index (χ2v) is 3.94. The van der Waals surface area contributed by atoms with Gasteiger partial charge in [0, 0.05) is 0 Å². The molecular formula is C11H24O3. The number of aliphatic hydroxyl groups is 2. The third-order valence-corrected chi connectivity index (χ3v) is 2.32. The Bertz CT molecular complexity index is 119. The fourth-order valence-corrected chi connectivity index (χ4v) is 0.932. The minimum atomic E-state index is -0.560. The molecule has 2 unspecified atom stereocenters. The van der Waals surface area contributed by atoms with Gasteiger partial charge < -0.3 is 14.9 Å². The van der Waals surface area contributed by atoms with Gasteiger partial charge in [-0.15, -0.1) is 0 Å². The minimum Gasteiger partial charge on any atom is -0.394 e. The Hall–Kier alpha value is -0.120. The first-order chi connectivity index (χ1) is 6.60. The van der Waals surface area contributed by atoms with Gasteiger partial charge in [0.1, 0.15) is 0 Å². The monoisotopic (exact) mass is 204 g/mol. The van der Waals surface area contributed by atoms with E-state index in [4.69, 9.17) is 14.9 Å². The van der Waals surface area contributed by atoms with Crippen LogP contribution < -0.4 is 0 Å². The van der Waals surface area contributed by atoms with Crippen molar-refractivity contribution in [3.05, 3.63) is 0 Å². The molecule has 86 valence electrons. The summed E-state index contributed by atoms with van der Waals surface area (Å²) in [6.07, 6.45) is 5.65. The van der Waals surface area contributed by atoms with Crippen LogP contribution in [0.25, 0.3) is 0 Å². The molecule has 14 heavy (non-hydrogen) atoms. The lowest BCUT2D eigenvalue weighted by molar-refractivity contribution is -0.0439. The highest BCUT2D eigenvalue weighted by Crippen LogP contribution is 2.23. The van der Waals surface area contributed by atoms with Crippen molar-refractivity contribution in [2.75, 3.05) is 6.61 Å². The molecule has 0 aromatic heterocycles. The molecule has 2 atom stereocenters. The predicted octanol–water partition coefficient (Wildman–Crippen LogP) is 1.71. The Labute approximate surface area is 87.1 Å². The van der Waals surface area contributed by atoms with Gasteiger partial charge >= 0.3 is 0 Å². The first kappa shape index (κ1) is 13.9. The zero-order valence-electron chi connectivity index (χ0n) is 9.57. The Balaban J connectivity index is 0.000000292. The van der Waals surface area contributed by atoms with E-state index in [9.17, 15) is 0 Å². The van der Waals surface area contributed by atoms with E-state index in [1.54, 1.807) is 0 Å². The van der Waals surface area contributed by atoms with E-state index in [0.29, 0.717) is 12.2 Å². The third-order valence-electron chi connectivity index (χ3n) is 2.32. The Morgan fingerprint density at radius 3 is 2.07 bits per heavy atom. The molecule has 0 aliphatic heterocycles. The van der Waals surface area contributed by atoms with E-state index in [1.165, 1.54) is 26.2 Å². The molecule has 0 radical (unpaired) electrons. The van der Waals surface area contributed by atoms with Gasteiger partial charge in [-0.3, -0.25) is 0 Å².